The highest BCUT2D eigenvalue weighted by Crippen LogP contribution is 2.43. The van der Waals surface area contributed by atoms with Crippen molar-refractivity contribution in [1.82, 2.24) is 39.0 Å². The zero-order valence-corrected chi connectivity index (χ0v) is 30.2. The second kappa shape index (κ2) is 13.1. The smallest absolute Gasteiger partial charge is 0.238 e. The van der Waals surface area contributed by atoms with E-state index in [-0.39, 0.29) is 0 Å². The summed E-state index contributed by atoms with van der Waals surface area (Å²) in [6.07, 6.45) is 6.31. The average molecular weight is 721 g/mol. The third-order valence-electron chi connectivity index (χ3n) is 10.5. The molecule has 0 aliphatic heterocycles. The summed E-state index contributed by atoms with van der Waals surface area (Å²) in [5.41, 5.74) is 9.13. The Morgan fingerprint density at radius 2 is 0.804 bits per heavy atom. The van der Waals surface area contributed by atoms with Crippen molar-refractivity contribution >= 4 is 38.8 Å². The number of hydrogen-bond donors (Lipinski definition) is 0. The normalized spacial score (nSPS) is 12.4. The summed E-state index contributed by atoms with van der Waals surface area (Å²) >= 11 is 0. The molecule has 264 valence electrons. The van der Waals surface area contributed by atoms with E-state index in [1.165, 1.54) is 11.3 Å². The van der Waals surface area contributed by atoms with Crippen LogP contribution in [-0.2, 0) is 6.42 Å². The van der Waals surface area contributed by atoms with Crippen LogP contribution in [-0.4, -0.2) is 39.0 Å². The van der Waals surface area contributed by atoms with Crippen molar-refractivity contribution in [2.75, 3.05) is 0 Å². The Labute approximate surface area is 322 Å². The van der Waals surface area contributed by atoms with Crippen LogP contribution < -0.4 is 0 Å². The zero-order valence-electron chi connectivity index (χ0n) is 30.2. The molecule has 56 heavy (non-hydrogen) atoms. The van der Waals surface area contributed by atoms with Crippen molar-refractivity contribution in [1.29, 1.82) is 0 Å². The minimum absolute atomic E-state index is 0.560. The van der Waals surface area contributed by atoms with Crippen molar-refractivity contribution in [3.05, 3.63) is 175 Å². The highest BCUT2D eigenvalue weighted by molar-refractivity contribution is 6.23. The second-order valence-electron chi connectivity index (χ2n) is 13.9. The van der Waals surface area contributed by atoms with Gasteiger partial charge in [-0.25, -0.2) is 9.97 Å². The van der Waals surface area contributed by atoms with Crippen molar-refractivity contribution in [2.24, 2.45) is 0 Å². The number of benzene rings is 6. The molecule has 0 atom stereocenters. The first-order valence-electron chi connectivity index (χ1n) is 18.8. The van der Waals surface area contributed by atoms with Gasteiger partial charge in [0.05, 0.1) is 16.6 Å². The first-order valence-corrected chi connectivity index (χ1v) is 18.8. The van der Waals surface area contributed by atoms with E-state index in [9.17, 15) is 0 Å². The number of para-hydroxylation sites is 1. The molecule has 1 aliphatic carbocycles. The van der Waals surface area contributed by atoms with Gasteiger partial charge >= 0.3 is 0 Å². The van der Waals surface area contributed by atoms with Gasteiger partial charge in [-0.1, -0.05) is 152 Å². The summed E-state index contributed by atoms with van der Waals surface area (Å²) < 4.78 is 4.44. The fraction of sp³-hybridized carbons (Fsp3) is 0.0417. The van der Waals surface area contributed by atoms with E-state index in [4.69, 9.17) is 29.9 Å². The lowest BCUT2D eigenvalue weighted by molar-refractivity contribution is 0.838. The summed E-state index contributed by atoms with van der Waals surface area (Å²) in [4.78, 5) is 30.7. The molecule has 1 aliphatic rings. The van der Waals surface area contributed by atoms with E-state index in [1.807, 2.05) is 121 Å². The van der Waals surface area contributed by atoms with Crippen LogP contribution in [0.2, 0.25) is 0 Å². The molecule has 0 saturated carbocycles. The minimum atomic E-state index is 0.560. The van der Waals surface area contributed by atoms with Crippen LogP contribution in [0.4, 0.5) is 0 Å². The van der Waals surface area contributed by atoms with Crippen LogP contribution in [0.15, 0.2) is 164 Å². The molecule has 10 aromatic rings. The highest BCUT2D eigenvalue weighted by Gasteiger charge is 2.27. The van der Waals surface area contributed by atoms with Gasteiger partial charge in [0.25, 0.3) is 0 Å². The summed E-state index contributed by atoms with van der Waals surface area (Å²) in [5.74, 6) is 3.65. The van der Waals surface area contributed by atoms with Crippen molar-refractivity contribution in [3.8, 4) is 57.4 Å². The fourth-order valence-corrected chi connectivity index (χ4v) is 8.00. The van der Waals surface area contributed by atoms with Gasteiger partial charge in [-0.3, -0.25) is 9.13 Å². The SMILES string of the molecule is C1=Cc2c(n(-c3nc(-c4ccccc4)nc(-c4ccccc4)n3)c3ccc4c(c5ccccc5n4-c4nc(-c5ccccc5)nc(-c5ccccc5)n4)c23)CC1. The molecule has 0 amide bonds. The summed E-state index contributed by atoms with van der Waals surface area (Å²) in [7, 11) is 0. The standard InChI is InChI=1S/C48H32N8/c1-5-17-31(18-6-1)43-49-44(32-19-7-2-8-20-32)52-47(51-43)55-37-27-15-13-25-35(37)41-39(55)29-30-40-42(41)36-26-14-16-28-38(36)56(40)48-53-45(33-21-9-3-10-22-33)50-46(54-48)34-23-11-4-12-24-34/h1-15,17-27,29-30H,16,28H2. The van der Waals surface area contributed by atoms with Crippen LogP contribution in [0, 0.1) is 0 Å². The second-order valence-corrected chi connectivity index (χ2v) is 13.9. The maximum absolute atomic E-state index is 5.19. The molecule has 0 radical (unpaired) electrons. The Morgan fingerprint density at radius 3 is 1.30 bits per heavy atom. The largest absolute Gasteiger partial charge is 0.282 e. The predicted molar refractivity (Wildman–Crippen MR) is 223 cm³/mol. The minimum Gasteiger partial charge on any atom is -0.282 e. The van der Waals surface area contributed by atoms with Gasteiger partial charge in [0.15, 0.2) is 23.3 Å². The van der Waals surface area contributed by atoms with Gasteiger partial charge in [0.1, 0.15) is 0 Å². The number of hydrogen-bond acceptors (Lipinski definition) is 6. The zero-order chi connectivity index (χ0) is 37.0. The first-order chi connectivity index (χ1) is 27.8. The molecule has 4 heterocycles. The van der Waals surface area contributed by atoms with E-state index >= 15 is 0 Å². The van der Waals surface area contributed by atoms with E-state index < -0.39 is 0 Å². The summed E-state index contributed by atoms with van der Waals surface area (Å²) in [6, 6.07) is 53.4. The molecule has 0 fully saturated rings. The maximum atomic E-state index is 5.19. The fourth-order valence-electron chi connectivity index (χ4n) is 8.00. The van der Waals surface area contributed by atoms with Gasteiger partial charge in [-0.2, -0.15) is 19.9 Å². The Morgan fingerprint density at radius 1 is 0.375 bits per heavy atom. The Balaban J connectivity index is 1.21. The van der Waals surface area contributed by atoms with Gasteiger partial charge in [0, 0.05) is 49.7 Å². The first kappa shape index (κ1) is 31.9. The third kappa shape index (κ3) is 5.22. The Bertz CT molecular complexity index is 3000. The Hall–Kier alpha value is -7.58. The molecule has 8 nitrogen and oxygen atoms in total. The Kier molecular flexibility index (Phi) is 7.45. The molecule has 0 bridgehead atoms. The molecule has 0 unspecified atom stereocenters. The lowest BCUT2D eigenvalue weighted by Gasteiger charge is -2.14. The van der Waals surface area contributed by atoms with Crippen LogP contribution in [0.5, 0.6) is 0 Å². The molecule has 0 N–H and O–H groups in total. The monoisotopic (exact) mass is 720 g/mol. The lowest BCUT2D eigenvalue weighted by atomic mass is 9.99. The molecule has 6 aromatic carbocycles. The molecular weight excluding hydrogens is 689 g/mol. The molecule has 8 heteroatoms. The number of aromatic nitrogens is 8. The summed E-state index contributed by atoms with van der Waals surface area (Å²) in [5, 5.41) is 3.38. The van der Waals surface area contributed by atoms with Crippen molar-refractivity contribution in [2.45, 2.75) is 12.8 Å². The van der Waals surface area contributed by atoms with E-state index in [0.717, 1.165) is 67.8 Å². The predicted octanol–water partition coefficient (Wildman–Crippen LogP) is 10.7. The van der Waals surface area contributed by atoms with Crippen LogP contribution in [0.1, 0.15) is 17.7 Å². The molecule has 4 aromatic heterocycles. The van der Waals surface area contributed by atoms with Crippen LogP contribution >= 0.6 is 0 Å². The van der Waals surface area contributed by atoms with Crippen molar-refractivity contribution in [3.63, 3.8) is 0 Å². The quantitative estimate of drug-likeness (QED) is 0.170. The number of fused-ring (bicyclic) bond motifs is 7. The molecule has 0 spiro atoms. The van der Waals surface area contributed by atoms with Crippen LogP contribution in [0.25, 0.3) is 96.2 Å². The van der Waals surface area contributed by atoms with E-state index in [2.05, 4.69) is 57.7 Å². The molecule has 0 saturated heterocycles. The van der Waals surface area contributed by atoms with E-state index in [1.54, 1.807) is 0 Å². The van der Waals surface area contributed by atoms with Gasteiger partial charge < -0.3 is 0 Å². The molecule has 11 rings (SSSR count). The highest BCUT2D eigenvalue weighted by atomic mass is 15.2. The van der Waals surface area contributed by atoms with Crippen molar-refractivity contribution < 1.29 is 0 Å². The molecular formula is C48H32N8. The lowest BCUT2D eigenvalue weighted by Crippen LogP contribution is -2.10. The third-order valence-corrected chi connectivity index (χ3v) is 10.5. The number of nitrogens with zero attached hydrogens (tertiary/aromatic N) is 8. The van der Waals surface area contributed by atoms with Gasteiger partial charge in [0.2, 0.25) is 11.9 Å². The number of allylic oxidation sites excluding steroid dienone is 1. The average Bonchev–Trinajstić information content (AvgIpc) is 3.80. The maximum Gasteiger partial charge on any atom is 0.238 e. The van der Waals surface area contributed by atoms with Gasteiger partial charge in [-0.15, -0.1) is 0 Å². The van der Waals surface area contributed by atoms with Gasteiger partial charge in [-0.05, 0) is 31.0 Å². The topological polar surface area (TPSA) is 87.2 Å². The van der Waals surface area contributed by atoms with E-state index in [0.29, 0.717) is 35.2 Å². The van der Waals surface area contributed by atoms with Crippen LogP contribution in [0.3, 0.4) is 0 Å². The number of rotatable bonds is 6. The summed E-state index contributed by atoms with van der Waals surface area (Å²) in [6.45, 7) is 0.